The average Bonchev–Trinajstić information content (AvgIpc) is 3.30. The Kier molecular flexibility index (Phi) is 6.37. The Hall–Kier alpha value is -3.91. The van der Waals surface area contributed by atoms with Crippen molar-refractivity contribution in [3.8, 4) is 6.07 Å². The molecule has 0 radical (unpaired) electrons. The van der Waals surface area contributed by atoms with Crippen molar-refractivity contribution in [2.24, 2.45) is 7.05 Å². The van der Waals surface area contributed by atoms with Gasteiger partial charge in [0.2, 0.25) is 0 Å². The maximum absolute atomic E-state index is 13.1. The SMILES string of the molecule is CC(c1ccc2ncc(C(F)F)nc2c1)N1C[C@H](C)N(c2cc(=O)n(C)n3cc(CC#N)nc23)C[C@H]1C. The summed E-state index contributed by atoms with van der Waals surface area (Å²) in [5.74, 6) is 0. The van der Waals surface area contributed by atoms with E-state index in [1.54, 1.807) is 23.8 Å². The van der Waals surface area contributed by atoms with Crippen LogP contribution in [0, 0.1) is 11.3 Å². The van der Waals surface area contributed by atoms with Gasteiger partial charge in [-0.25, -0.2) is 27.9 Å². The highest BCUT2D eigenvalue weighted by molar-refractivity contribution is 5.75. The van der Waals surface area contributed by atoms with Gasteiger partial charge in [0, 0.05) is 44.3 Å². The van der Waals surface area contributed by atoms with Gasteiger partial charge in [-0.15, -0.1) is 0 Å². The maximum atomic E-state index is 13.1. The molecule has 3 atom stereocenters. The summed E-state index contributed by atoms with van der Waals surface area (Å²) in [7, 11) is 1.68. The highest BCUT2D eigenvalue weighted by Gasteiger charge is 2.34. The van der Waals surface area contributed by atoms with Crippen LogP contribution in [0.4, 0.5) is 14.5 Å². The number of halogens is 2. The summed E-state index contributed by atoms with van der Waals surface area (Å²) in [5.41, 5.74) is 3.55. The van der Waals surface area contributed by atoms with E-state index in [1.807, 2.05) is 18.2 Å². The minimum Gasteiger partial charge on any atom is -0.363 e. The Morgan fingerprint density at radius 1 is 1.14 bits per heavy atom. The third kappa shape index (κ3) is 4.42. The molecule has 3 aromatic heterocycles. The fraction of sp³-hybridized carbons (Fsp3) is 0.423. The number of aromatic nitrogens is 5. The Morgan fingerprint density at radius 3 is 2.65 bits per heavy atom. The molecule has 4 heterocycles. The zero-order valence-corrected chi connectivity index (χ0v) is 21.1. The van der Waals surface area contributed by atoms with E-state index >= 15 is 0 Å². The van der Waals surface area contributed by atoms with Gasteiger partial charge in [0.15, 0.2) is 5.65 Å². The van der Waals surface area contributed by atoms with E-state index in [-0.39, 0.29) is 35.8 Å². The monoisotopic (exact) mass is 506 g/mol. The van der Waals surface area contributed by atoms with Crippen LogP contribution >= 0.6 is 0 Å². The van der Waals surface area contributed by atoms with Crippen molar-refractivity contribution >= 4 is 22.4 Å². The molecular formula is C26H28F2N8O. The van der Waals surface area contributed by atoms with Crippen LogP contribution in [-0.2, 0) is 13.5 Å². The van der Waals surface area contributed by atoms with Gasteiger partial charge < -0.3 is 4.90 Å². The minimum atomic E-state index is -2.67. The topological polar surface area (TPSA) is 95.4 Å². The first-order valence-corrected chi connectivity index (χ1v) is 12.2. The molecule has 9 nitrogen and oxygen atoms in total. The normalized spacial score (nSPS) is 19.6. The van der Waals surface area contributed by atoms with Crippen molar-refractivity contribution in [2.45, 2.75) is 51.7 Å². The van der Waals surface area contributed by atoms with E-state index in [0.717, 1.165) is 24.0 Å². The van der Waals surface area contributed by atoms with E-state index in [2.05, 4.69) is 51.6 Å². The highest BCUT2D eigenvalue weighted by Crippen LogP contribution is 2.32. The van der Waals surface area contributed by atoms with Crippen LogP contribution in [0.25, 0.3) is 16.7 Å². The number of nitrogens with zero attached hydrogens (tertiary/aromatic N) is 8. The Bertz CT molecular complexity index is 1570. The van der Waals surface area contributed by atoms with Gasteiger partial charge in [-0.3, -0.25) is 14.7 Å². The highest BCUT2D eigenvalue weighted by atomic mass is 19.3. The fourth-order valence-electron chi connectivity index (χ4n) is 5.21. The first kappa shape index (κ1) is 24.8. The van der Waals surface area contributed by atoms with Gasteiger partial charge in [-0.1, -0.05) is 6.07 Å². The zero-order chi connectivity index (χ0) is 26.4. The lowest BCUT2D eigenvalue weighted by Gasteiger charge is -2.47. The van der Waals surface area contributed by atoms with Crippen LogP contribution in [0.5, 0.6) is 0 Å². The number of anilines is 1. The molecule has 0 amide bonds. The molecule has 0 bridgehead atoms. The number of piperazine rings is 1. The molecule has 5 rings (SSSR count). The molecule has 1 aromatic carbocycles. The van der Waals surface area contributed by atoms with Crippen molar-refractivity contribution < 1.29 is 8.78 Å². The molecular weight excluding hydrogens is 478 g/mol. The number of benzene rings is 1. The number of alkyl halides is 2. The number of hydrogen-bond acceptors (Lipinski definition) is 7. The van der Waals surface area contributed by atoms with Crippen LogP contribution in [0.15, 0.2) is 41.5 Å². The van der Waals surface area contributed by atoms with E-state index in [1.165, 1.54) is 4.68 Å². The van der Waals surface area contributed by atoms with Gasteiger partial charge in [-0.05, 0) is 38.5 Å². The van der Waals surface area contributed by atoms with Gasteiger partial charge >= 0.3 is 0 Å². The Balaban J connectivity index is 1.44. The van der Waals surface area contributed by atoms with E-state index in [0.29, 0.717) is 28.9 Å². The molecule has 0 saturated carbocycles. The largest absolute Gasteiger partial charge is 0.363 e. The molecule has 192 valence electrons. The summed E-state index contributed by atoms with van der Waals surface area (Å²) in [4.78, 5) is 30.2. The number of imidazole rings is 1. The molecule has 11 heteroatoms. The fourth-order valence-corrected chi connectivity index (χ4v) is 5.21. The molecule has 1 aliphatic heterocycles. The van der Waals surface area contributed by atoms with Crippen molar-refractivity contribution in [1.29, 1.82) is 5.26 Å². The number of nitriles is 1. The predicted octanol–water partition coefficient (Wildman–Crippen LogP) is 3.64. The average molecular weight is 507 g/mol. The molecule has 0 N–H and O–H groups in total. The predicted molar refractivity (Wildman–Crippen MR) is 136 cm³/mol. The number of fused-ring (bicyclic) bond motifs is 2. The zero-order valence-electron chi connectivity index (χ0n) is 21.1. The number of hydrogen-bond donors (Lipinski definition) is 0. The summed E-state index contributed by atoms with van der Waals surface area (Å²) in [6.45, 7) is 7.73. The van der Waals surface area contributed by atoms with Crippen LogP contribution < -0.4 is 10.5 Å². The van der Waals surface area contributed by atoms with Crippen LogP contribution in [0.3, 0.4) is 0 Å². The molecule has 1 unspecified atom stereocenters. The van der Waals surface area contributed by atoms with E-state index in [9.17, 15) is 13.6 Å². The quantitative estimate of drug-likeness (QED) is 0.408. The smallest absolute Gasteiger partial charge is 0.281 e. The van der Waals surface area contributed by atoms with Crippen LogP contribution in [0.2, 0.25) is 0 Å². The van der Waals surface area contributed by atoms with Crippen molar-refractivity contribution in [2.75, 3.05) is 18.0 Å². The van der Waals surface area contributed by atoms with Crippen LogP contribution in [0.1, 0.15) is 50.2 Å². The number of aryl methyl sites for hydroxylation is 1. The molecule has 4 aromatic rings. The minimum absolute atomic E-state index is 0.0123. The summed E-state index contributed by atoms with van der Waals surface area (Å²) >= 11 is 0. The molecule has 1 saturated heterocycles. The van der Waals surface area contributed by atoms with Gasteiger partial charge in [0.25, 0.3) is 12.0 Å². The second-order valence-electron chi connectivity index (χ2n) is 9.69. The first-order chi connectivity index (χ1) is 17.7. The Labute approximate surface area is 212 Å². The molecule has 37 heavy (non-hydrogen) atoms. The number of rotatable bonds is 5. The standard InChI is InChI=1S/C26H28F2N8O/c1-15-13-35(23-10-24(37)33(4)36-14-19(7-8-29)31-26(23)36)16(2)12-34(15)17(3)18-5-6-20-21(9-18)32-22(11-30-20)25(27)28/h5-6,9-11,14-17,25H,7,12-13H2,1-4H3/t15-,16+,17?/m1/s1. The second kappa shape index (κ2) is 9.52. The van der Waals surface area contributed by atoms with Crippen molar-refractivity contribution in [3.05, 3.63) is 64.0 Å². The van der Waals surface area contributed by atoms with E-state index in [4.69, 9.17) is 5.26 Å². The first-order valence-electron chi connectivity index (χ1n) is 12.2. The molecule has 0 spiro atoms. The second-order valence-corrected chi connectivity index (χ2v) is 9.69. The lowest BCUT2D eigenvalue weighted by molar-refractivity contribution is 0.119. The third-order valence-corrected chi connectivity index (χ3v) is 7.26. The summed E-state index contributed by atoms with van der Waals surface area (Å²) in [6.07, 6.45) is 0.356. The summed E-state index contributed by atoms with van der Waals surface area (Å²) in [5, 5.41) is 9.11. The van der Waals surface area contributed by atoms with Crippen molar-refractivity contribution in [1.82, 2.24) is 29.0 Å². The summed E-state index contributed by atoms with van der Waals surface area (Å²) in [6, 6.07) is 9.57. The summed E-state index contributed by atoms with van der Waals surface area (Å²) < 4.78 is 29.5. The Morgan fingerprint density at radius 2 is 1.92 bits per heavy atom. The van der Waals surface area contributed by atoms with Gasteiger partial charge in [-0.2, -0.15) is 5.26 Å². The third-order valence-electron chi connectivity index (χ3n) is 7.26. The lowest BCUT2D eigenvalue weighted by Crippen LogP contribution is -2.57. The molecule has 1 aliphatic rings. The van der Waals surface area contributed by atoms with Gasteiger partial charge in [0.1, 0.15) is 5.69 Å². The van der Waals surface area contributed by atoms with Gasteiger partial charge in [0.05, 0.1) is 47.3 Å². The van der Waals surface area contributed by atoms with Crippen LogP contribution in [-0.4, -0.2) is 54.2 Å². The van der Waals surface area contributed by atoms with Crippen molar-refractivity contribution in [3.63, 3.8) is 0 Å². The maximum Gasteiger partial charge on any atom is 0.281 e. The molecule has 1 fully saturated rings. The lowest BCUT2D eigenvalue weighted by atomic mass is 10.00. The van der Waals surface area contributed by atoms with E-state index < -0.39 is 6.43 Å². The molecule has 0 aliphatic carbocycles.